The Bertz CT molecular complexity index is 1480. The fraction of sp³-hybridized carbons (Fsp3) is 0.143. The summed E-state index contributed by atoms with van der Waals surface area (Å²) in [4.78, 5) is 0. The first-order valence-corrected chi connectivity index (χ1v) is 11.5. The van der Waals surface area contributed by atoms with Gasteiger partial charge in [-0.2, -0.15) is 5.26 Å². The number of nitrogens with zero attached hydrogens (tertiary/aromatic N) is 2. The Labute approximate surface area is 208 Å². The highest BCUT2D eigenvalue weighted by atomic mass is 35.5. The molecule has 174 valence electrons. The number of H-pyrrole nitrogens is 1. The molecular formula is C28H23ClN4O2. The van der Waals surface area contributed by atoms with Crippen molar-refractivity contribution in [1.29, 1.82) is 5.26 Å². The van der Waals surface area contributed by atoms with E-state index in [1.807, 2.05) is 54.6 Å². The van der Waals surface area contributed by atoms with Gasteiger partial charge in [-0.3, -0.25) is 5.10 Å². The molecule has 0 saturated heterocycles. The highest BCUT2D eigenvalue weighted by molar-refractivity contribution is 6.30. The van der Waals surface area contributed by atoms with Crippen molar-refractivity contribution in [1.82, 2.24) is 10.2 Å². The number of allylic oxidation sites excluding steroid dienone is 1. The normalized spacial score (nSPS) is 14.7. The highest BCUT2D eigenvalue weighted by Crippen LogP contribution is 2.48. The Morgan fingerprint density at radius 3 is 2.60 bits per heavy atom. The van der Waals surface area contributed by atoms with E-state index < -0.39 is 5.92 Å². The van der Waals surface area contributed by atoms with Crippen molar-refractivity contribution in [2.45, 2.75) is 26.4 Å². The molecule has 1 aliphatic heterocycles. The van der Waals surface area contributed by atoms with Crippen LogP contribution in [-0.2, 0) is 6.61 Å². The van der Waals surface area contributed by atoms with Crippen molar-refractivity contribution in [3.8, 4) is 29.0 Å². The van der Waals surface area contributed by atoms with Crippen LogP contribution in [-0.4, -0.2) is 10.2 Å². The number of aromatic amines is 1. The molecule has 0 spiro atoms. The monoisotopic (exact) mass is 482 g/mol. The first-order valence-electron chi connectivity index (χ1n) is 11.2. The van der Waals surface area contributed by atoms with Crippen molar-refractivity contribution < 1.29 is 9.47 Å². The maximum absolute atomic E-state index is 10.1. The van der Waals surface area contributed by atoms with Gasteiger partial charge in [0.05, 0.1) is 17.2 Å². The van der Waals surface area contributed by atoms with E-state index in [2.05, 4.69) is 42.2 Å². The van der Waals surface area contributed by atoms with Gasteiger partial charge in [-0.1, -0.05) is 54.1 Å². The second kappa shape index (κ2) is 9.21. The fourth-order valence-electron chi connectivity index (χ4n) is 4.27. The van der Waals surface area contributed by atoms with E-state index in [0.717, 1.165) is 33.5 Å². The van der Waals surface area contributed by atoms with Crippen LogP contribution >= 0.6 is 11.6 Å². The lowest BCUT2D eigenvalue weighted by atomic mass is 9.82. The molecule has 35 heavy (non-hydrogen) atoms. The molecule has 1 aliphatic rings. The minimum absolute atomic E-state index is 0.0376. The number of benzene rings is 3. The molecule has 5 rings (SSSR count). The summed E-state index contributed by atoms with van der Waals surface area (Å²) in [5, 5.41) is 18.2. The fourth-order valence-corrected chi connectivity index (χ4v) is 4.39. The third-order valence-corrected chi connectivity index (χ3v) is 6.52. The molecule has 0 radical (unpaired) electrons. The van der Waals surface area contributed by atoms with Gasteiger partial charge in [-0.15, -0.1) is 5.10 Å². The van der Waals surface area contributed by atoms with E-state index >= 15 is 0 Å². The number of nitrogens with two attached hydrogens (primary N) is 1. The predicted octanol–water partition coefficient (Wildman–Crippen LogP) is 6.14. The van der Waals surface area contributed by atoms with Crippen molar-refractivity contribution in [2.24, 2.45) is 5.73 Å². The van der Waals surface area contributed by atoms with Crippen LogP contribution in [0.4, 0.5) is 0 Å². The quantitative estimate of drug-likeness (QED) is 0.356. The van der Waals surface area contributed by atoms with E-state index in [4.69, 9.17) is 26.8 Å². The van der Waals surface area contributed by atoms with Gasteiger partial charge in [0.25, 0.3) is 0 Å². The average molecular weight is 483 g/mol. The molecule has 0 bridgehead atoms. The lowest BCUT2D eigenvalue weighted by Gasteiger charge is -2.26. The number of ether oxygens (including phenoxy) is 2. The van der Waals surface area contributed by atoms with Crippen LogP contribution < -0.4 is 15.2 Å². The lowest BCUT2D eigenvalue weighted by molar-refractivity contribution is 0.301. The summed E-state index contributed by atoms with van der Waals surface area (Å²) in [7, 11) is 0. The van der Waals surface area contributed by atoms with Gasteiger partial charge >= 0.3 is 0 Å². The standard InChI is InChI=1S/C28H23ClN4O2/c1-16-7-10-19(13-17(16)2)26-25-24(22(14-30)27(31)35-28(25)33-32-26)21-5-3-4-6-23(21)34-15-18-8-11-20(29)12-9-18/h3-13,24H,15,31H2,1-2H3,(H,32,33)/t24-/m1/s1. The topological polar surface area (TPSA) is 97.0 Å². The SMILES string of the molecule is Cc1ccc(-c2[nH]nc3c2[C@H](c2ccccc2OCc2ccc(Cl)cc2)C(C#N)=C(N)O3)cc1C. The van der Waals surface area contributed by atoms with Crippen molar-refractivity contribution >= 4 is 11.6 Å². The molecule has 0 aliphatic carbocycles. The Hall–Kier alpha value is -4.21. The largest absolute Gasteiger partial charge is 0.489 e. The number of halogens is 1. The van der Waals surface area contributed by atoms with Gasteiger partial charge in [0.1, 0.15) is 24.0 Å². The number of rotatable bonds is 5. The number of fused-ring (bicyclic) bond motifs is 1. The Morgan fingerprint density at radius 1 is 1.09 bits per heavy atom. The highest BCUT2D eigenvalue weighted by Gasteiger charge is 2.37. The zero-order valence-electron chi connectivity index (χ0n) is 19.3. The Kier molecular flexibility index (Phi) is 5.94. The number of nitrogens with one attached hydrogen (secondary N) is 1. The van der Waals surface area contributed by atoms with Crippen molar-refractivity contribution in [3.05, 3.63) is 111 Å². The van der Waals surface area contributed by atoms with E-state index in [1.165, 1.54) is 5.56 Å². The summed E-state index contributed by atoms with van der Waals surface area (Å²) < 4.78 is 12.0. The van der Waals surface area contributed by atoms with Crippen molar-refractivity contribution in [2.75, 3.05) is 0 Å². The molecule has 1 atom stereocenters. The first-order chi connectivity index (χ1) is 17.0. The predicted molar refractivity (Wildman–Crippen MR) is 135 cm³/mol. The maximum Gasteiger partial charge on any atom is 0.244 e. The number of nitriles is 1. The molecule has 3 N–H and O–H groups in total. The molecule has 0 fully saturated rings. The lowest BCUT2D eigenvalue weighted by Crippen LogP contribution is -2.21. The number of hydrogen-bond donors (Lipinski definition) is 2. The van der Waals surface area contributed by atoms with E-state index in [1.54, 1.807) is 0 Å². The van der Waals surface area contributed by atoms with Gasteiger partial charge in [0.2, 0.25) is 11.8 Å². The van der Waals surface area contributed by atoms with Crippen molar-refractivity contribution in [3.63, 3.8) is 0 Å². The molecule has 0 amide bonds. The smallest absolute Gasteiger partial charge is 0.244 e. The third kappa shape index (κ3) is 4.23. The summed E-state index contributed by atoms with van der Waals surface area (Å²) >= 11 is 6.01. The number of hydrogen-bond acceptors (Lipinski definition) is 5. The Morgan fingerprint density at radius 2 is 1.86 bits per heavy atom. The van der Waals surface area contributed by atoms with E-state index in [0.29, 0.717) is 28.8 Å². The van der Waals surface area contributed by atoms with Crippen LogP contribution in [0.25, 0.3) is 11.3 Å². The van der Waals surface area contributed by atoms with Gasteiger partial charge in [-0.25, -0.2) is 0 Å². The molecule has 0 saturated carbocycles. The zero-order chi connectivity index (χ0) is 24.5. The molecular weight excluding hydrogens is 460 g/mol. The number of aryl methyl sites for hydroxylation is 2. The van der Waals surface area contributed by atoms with Crippen LogP contribution in [0.5, 0.6) is 11.6 Å². The summed E-state index contributed by atoms with van der Waals surface area (Å²) in [6.07, 6.45) is 0. The summed E-state index contributed by atoms with van der Waals surface area (Å²) in [6, 6.07) is 23.6. The molecule has 1 aromatic heterocycles. The average Bonchev–Trinajstić information content (AvgIpc) is 3.28. The summed E-state index contributed by atoms with van der Waals surface area (Å²) in [5.41, 5.74) is 13.1. The zero-order valence-corrected chi connectivity index (χ0v) is 20.1. The van der Waals surface area contributed by atoms with E-state index in [-0.39, 0.29) is 5.88 Å². The molecule has 4 aromatic rings. The van der Waals surface area contributed by atoms with Crippen LogP contribution in [0.1, 0.15) is 33.7 Å². The summed E-state index contributed by atoms with van der Waals surface area (Å²) in [6.45, 7) is 4.48. The molecule has 6 nitrogen and oxygen atoms in total. The maximum atomic E-state index is 10.1. The minimum atomic E-state index is -0.513. The minimum Gasteiger partial charge on any atom is -0.489 e. The molecule has 0 unspecified atom stereocenters. The molecule has 7 heteroatoms. The van der Waals surface area contributed by atoms with E-state index in [9.17, 15) is 5.26 Å². The second-order valence-corrected chi connectivity index (χ2v) is 8.93. The molecule has 3 aromatic carbocycles. The van der Waals surface area contributed by atoms with Gasteiger partial charge in [0.15, 0.2) is 0 Å². The number of aromatic nitrogens is 2. The van der Waals surface area contributed by atoms with Crippen LogP contribution in [0, 0.1) is 25.2 Å². The van der Waals surface area contributed by atoms with Crippen LogP contribution in [0.3, 0.4) is 0 Å². The third-order valence-electron chi connectivity index (χ3n) is 6.27. The van der Waals surface area contributed by atoms with Crippen LogP contribution in [0.15, 0.2) is 78.2 Å². The Balaban J connectivity index is 1.61. The second-order valence-electron chi connectivity index (χ2n) is 8.49. The molecule has 2 heterocycles. The first kappa shape index (κ1) is 22.6. The van der Waals surface area contributed by atoms with Gasteiger partial charge in [-0.05, 0) is 54.8 Å². The number of para-hydroxylation sites is 1. The van der Waals surface area contributed by atoms with Crippen LogP contribution in [0.2, 0.25) is 5.02 Å². The van der Waals surface area contributed by atoms with Gasteiger partial charge in [0, 0.05) is 16.1 Å². The summed E-state index contributed by atoms with van der Waals surface area (Å²) in [5.74, 6) is 0.525. The van der Waals surface area contributed by atoms with Gasteiger partial charge < -0.3 is 15.2 Å².